The van der Waals surface area contributed by atoms with Crippen molar-refractivity contribution in [2.75, 3.05) is 23.0 Å². The molecule has 2 amide bonds. The number of hydrogen-bond donors (Lipinski definition) is 5. The van der Waals surface area contributed by atoms with Gasteiger partial charge in [-0.25, -0.2) is 9.78 Å². The van der Waals surface area contributed by atoms with Crippen molar-refractivity contribution in [3.8, 4) is 11.6 Å². The number of rotatable bonds is 7. The number of amidine groups is 1. The van der Waals surface area contributed by atoms with Crippen molar-refractivity contribution < 1.29 is 9.53 Å². The van der Waals surface area contributed by atoms with Gasteiger partial charge in [0.1, 0.15) is 5.75 Å². The second-order valence-corrected chi connectivity index (χ2v) is 6.07. The highest BCUT2D eigenvalue weighted by Crippen LogP contribution is 2.22. The van der Waals surface area contributed by atoms with Crippen LogP contribution in [-0.4, -0.2) is 28.9 Å². The Morgan fingerprint density at radius 1 is 1.03 bits per heavy atom. The lowest BCUT2D eigenvalue weighted by molar-refractivity contribution is 0.262. The van der Waals surface area contributed by atoms with E-state index < -0.39 is 0 Å². The van der Waals surface area contributed by atoms with E-state index in [2.05, 4.69) is 25.9 Å². The first-order valence-electron chi connectivity index (χ1n) is 8.80. The second kappa shape index (κ2) is 9.18. The van der Waals surface area contributed by atoms with Crippen LogP contribution in [0, 0.1) is 5.41 Å². The summed E-state index contributed by atoms with van der Waals surface area (Å²) in [6, 6.07) is 15.4. The van der Waals surface area contributed by atoms with Gasteiger partial charge in [-0.15, -0.1) is 0 Å². The standard InChI is InChI=1S/C20H21N7O2/c1-23-19-24-11-10-18(27-19)29-16-8-6-15(7-9-16)26-20(28)25-14-4-2-13(3-5-14)12-17(21)22/h2-11H,12H2,1H3,(H3,21,22)(H,23,24,27)(H2,25,26,28). The molecule has 1 aromatic heterocycles. The van der Waals surface area contributed by atoms with Crippen molar-refractivity contribution in [1.82, 2.24) is 9.97 Å². The lowest BCUT2D eigenvalue weighted by Gasteiger charge is -2.10. The van der Waals surface area contributed by atoms with E-state index in [0.29, 0.717) is 35.4 Å². The van der Waals surface area contributed by atoms with Gasteiger partial charge in [-0.05, 0) is 42.0 Å². The zero-order chi connectivity index (χ0) is 20.6. The third-order valence-electron chi connectivity index (χ3n) is 3.79. The molecule has 0 saturated heterocycles. The van der Waals surface area contributed by atoms with Crippen LogP contribution in [0.3, 0.4) is 0 Å². The number of nitrogens with one attached hydrogen (secondary N) is 4. The molecule has 0 unspecified atom stereocenters. The highest BCUT2D eigenvalue weighted by molar-refractivity contribution is 5.99. The number of nitrogens with two attached hydrogens (primary N) is 1. The van der Waals surface area contributed by atoms with Gasteiger partial charge in [0.2, 0.25) is 11.8 Å². The third kappa shape index (κ3) is 5.93. The number of aromatic nitrogens is 2. The molecule has 6 N–H and O–H groups in total. The van der Waals surface area contributed by atoms with Gasteiger partial charge in [-0.3, -0.25) is 5.41 Å². The fourth-order valence-corrected chi connectivity index (χ4v) is 2.47. The van der Waals surface area contributed by atoms with Crippen molar-refractivity contribution >= 4 is 29.2 Å². The molecule has 0 spiro atoms. The zero-order valence-corrected chi connectivity index (χ0v) is 15.8. The van der Waals surface area contributed by atoms with Crippen LogP contribution in [0.15, 0.2) is 60.8 Å². The lowest BCUT2D eigenvalue weighted by Crippen LogP contribution is -2.19. The maximum atomic E-state index is 12.2. The number of nitrogens with zero attached hydrogens (tertiary/aromatic N) is 2. The Balaban J connectivity index is 1.54. The van der Waals surface area contributed by atoms with Crippen molar-refractivity contribution in [3.05, 3.63) is 66.4 Å². The molecule has 29 heavy (non-hydrogen) atoms. The van der Waals surface area contributed by atoms with Crippen molar-refractivity contribution in [3.63, 3.8) is 0 Å². The molecule has 148 valence electrons. The van der Waals surface area contributed by atoms with Crippen molar-refractivity contribution in [1.29, 1.82) is 5.41 Å². The molecular weight excluding hydrogens is 370 g/mol. The Morgan fingerprint density at radius 3 is 2.24 bits per heavy atom. The molecule has 0 bridgehead atoms. The third-order valence-corrected chi connectivity index (χ3v) is 3.79. The highest BCUT2D eigenvalue weighted by Gasteiger charge is 2.05. The molecule has 9 nitrogen and oxygen atoms in total. The summed E-state index contributed by atoms with van der Waals surface area (Å²) < 4.78 is 5.67. The number of hydrogen-bond acceptors (Lipinski definition) is 6. The summed E-state index contributed by atoms with van der Waals surface area (Å²) >= 11 is 0. The smallest absolute Gasteiger partial charge is 0.323 e. The first-order valence-corrected chi connectivity index (χ1v) is 8.80. The predicted molar refractivity (Wildman–Crippen MR) is 113 cm³/mol. The number of carbonyl (C=O) groups is 1. The maximum Gasteiger partial charge on any atom is 0.323 e. The molecule has 0 fully saturated rings. The minimum Gasteiger partial charge on any atom is -0.439 e. The van der Waals surface area contributed by atoms with E-state index in [9.17, 15) is 4.79 Å². The van der Waals surface area contributed by atoms with Crippen molar-refractivity contribution in [2.24, 2.45) is 5.73 Å². The zero-order valence-electron chi connectivity index (χ0n) is 15.8. The van der Waals surface area contributed by atoms with Gasteiger partial charge in [0.15, 0.2) is 0 Å². The summed E-state index contributed by atoms with van der Waals surface area (Å²) in [6.07, 6.45) is 1.98. The number of anilines is 3. The Labute approximate surface area is 167 Å². The molecule has 0 aliphatic heterocycles. The van der Waals surface area contributed by atoms with E-state index in [1.807, 2.05) is 12.1 Å². The van der Waals surface area contributed by atoms with Gasteiger partial charge < -0.3 is 26.4 Å². The molecule has 9 heteroatoms. The average Bonchev–Trinajstić information content (AvgIpc) is 2.71. The molecule has 1 heterocycles. The van der Waals surface area contributed by atoms with Crippen LogP contribution in [0.5, 0.6) is 11.6 Å². The van der Waals surface area contributed by atoms with Crippen LogP contribution >= 0.6 is 0 Å². The predicted octanol–water partition coefficient (Wildman–Crippen LogP) is 3.43. The minimum absolute atomic E-state index is 0.0954. The minimum atomic E-state index is -0.368. The molecule has 3 rings (SSSR count). The van der Waals surface area contributed by atoms with Gasteiger partial charge in [-0.1, -0.05) is 12.1 Å². The number of ether oxygens (including phenoxy) is 1. The van der Waals surface area contributed by atoms with Gasteiger partial charge in [-0.2, -0.15) is 4.98 Å². The van der Waals surface area contributed by atoms with Crippen LogP contribution in [0.2, 0.25) is 0 Å². The summed E-state index contributed by atoms with van der Waals surface area (Å²) in [5.41, 5.74) is 7.54. The summed E-state index contributed by atoms with van der Waals surface area (Å²) in [6.45, 7) is 0. The van der Waals surface area contributed by atoms with Gasteiger partial charge >= 0.3 is 6.03 Å². The van der Waals surface area contributed by atoms with Crippen LogP contribution in [-0.2, 0) is 6.42 Å². The first kappa shape index (κ1) is 19.6. The molecular formula is C20H21N7O2. The summed E-state index contributed by atoms with van der Waals surface area (Å²) in [4.78, 5) is 20.4. The number of benzene rings is 2. The Hall–Kier alpha value is -4.14. The van der Waals surface area contributed by atoms with Crippen LogP contribution in [0.1, 0.15) is 5.56 Å². The van der Waals surface area contributed by atoms with Gasteiger partial charge in [0.25, 0.3) is 0 Å². The summed E-state index contributed by atoms with van der Waals surface area (Å²) in [5.74, 6) is 1.55. The molecule has 0 saturated carbocycles. The van der Waals surface area contributed by atoms with E-state index in [1.165, 1.54) is 0 Å². The van der Waals surface area contributed by atoms with E-state index >= 15 is 0 Å². The van der Waals surface area contributed by atoms with Crippen LogP contribution in [0.4, 0.5) is 22.1 Å². The highest BCUT2D eigenvalue weighted by atomic mass is 16.5. The molecule has 0 radical (unpaired) electrons. The SMILES string of the molecule is CNc1nccc(Oc2ccc(NC(=O)Nc3ccc(CC(=N)N)cc3)cc2)n1. The molecule has 0 aliphatic carbocycles. The lowest BCUT2D eigenvalue weighted by atomic mass is 10.1. The van der Waals surface area contributed by atoms with Gasteiger partial charge in [0, 0.05) is 37.1 Å². The number of urea groups is 1. The Morgan fingerprint density at radius 2 is 1.66 bits per heavy atom. The normalized spacial score (nSPS) is 10.1. The topological polar surface area (TPSA) is 138 Å². The van der Waals surface area contributed by atoms with E-state index in [0.717, 1.165) is 5.56 Å². The monoisotopic (exact) mass is 391 g/mol. The van der Waals surface area contributed by atoms with Crippen molar-refractivity contribution in [2.45, 2.75) is 6.42 Å². The molecule has 2 aromatic carbocycles. The molecule has 0 aliphatic rings. The fraction of sp³-hybridized carbons (Fsp3) is 0.100. The number of amides is 2. The average molecular weight is 391 g/mol. The Bertz CT molecular complexity index is 988. The van der Waals surface area contributed by atoms with E-state index in [4.69, 9.17) is 15.9 Å². The summed E-state index contributed by atoms with van der Waals surface area (Å²) in [7, 11) is 1.73. The summed E-state index contributed by atoms with van der Waals surface area (Å²) in [5, 5.41) is 15.6. The first-order chi connectivity index (χ1) is 14.0. The van der Waals surface area contributed by atoms with E-state index in [-0.39, 0.29) is 11.9 Å². The molecule has 3 aromatic rings. The number of carbonyl (C=O) groups excluding carboxylic acids is 1. The van der Waals surface area contributed by atoms with E-state index in [1.54, 1.807) is 55.7 Å². The largest absolute Gasteiger partial charge is 0.439 e. The van der Waals surface area contributed by atoms with Crippen LogP contribution < -0.4 is 26.4 Å². The molecule has 0 atom stereocenters. The van der Waals surface area contributed by atoms with Gasteiger partial charge in [0.05, 0.1) is 5.84 Å². The second-order valence-electron chi connectivity index (χ2n) is 6.07. The fourth-order valence-electron chi connectivity index (χ4n) is 2.47. The quantitative estimate of drug-likeness (QED) is 0.309. The van der Waals surface area contributed by atoms with Crippen LogP contribution in [0.25, 0.3) is 0 Å². The maximum absolute atomic E-state index is 12.2. The Kier molecular flexibility index (Phi) is 6.21.